The first-order chi connectivity index (χ1) is 15.7. The van der Waals surface area contributed by atoms with Gasteiger partial charge in [-0.3, -0.25) is 9.59 Å². The fourth-order valence-electron chi connectivity index (χ4n) is 4.93. The second-order valence-corrected chi connectivity index (χ2v) is 8.52. The number of nitrogens with zero attached hydrogens (tertiary/aromatic N) is 2. The zero-order valence-electron chi connectivity index (χ0n) is 17.6. The smallest absolute Gasteiger partial charge is 0.196 e. The van der Waals surface area contributed by atoms with Crippen molar-refractivity contribution in [1.29, 1.82) is 0 Å². The number of hydrogen-bond donors (Lipinski definition) is 1. The van der Waals surface area contributed by atoms with Gasteiger partial charge < -0.3 is 15.0 Å². The third kappa shape index (κ3) is 3.02. The number of likely N-dealkylation sites (tertiary alicyclic amines) is 1. The van der Waals surface area contributed by atoms with Gasteiger partial charge in [0.25, 0.3) is 0 Å². The lowest BCUT2D eigenvalue weighted by Crippen LogP contribution is -2.30. The van der Waals surface area contributed by atoms with Crippen molar-refractivity contribution in [3.8, 4) is 5.75 Å². The van der Waals surface area contributed by atoms with Crippen molar-refractivity contribution in [3.63, 3.8) is 0 Å². The van der Waals surface area contributed by atoms with Crippen LogP contribution in [0.5, 0.6) is 5.75 Å². The minimum Gasteiger partial charge on any atom is -0.478 e. The number of fused-ring (bicyclic) bond motifs is 5. The summed E-state index contributed by atoms with van der Waals surface area (Å²) in [4.78, 5) is 34.3. The van der Waals surface area contributed by atoms with Gasteiger partial charge in [-0.05, 0) is 38.1 Å². The molecule has 0 spiro atoms. The Hall–Kier alpha value is -3.51. The fraction of sp³-hybridized carbons (Fsp3) is 0.269. The summed E-state index contributed by atoms with van der Waals surface area (Å²) in [7, 11) is 0. The van der Waals surface area contributed by atoms with Crippen LogP contribution in [0.1, 0.15) is 44.7 Å². The van der Waals surface area contributed by atoms with Crippen LogP contribution in [0.2, 0.25) is 0 Å². The highest BCUT2D eigenvalue weighted by atomic mass is 16.5. The molecule has 2 aliphatic heterocycles. The number of nitrogens with one attached hydrogen (secondary N) is 1. The molecule has 1 unspecified atom stereocenters. The van der Waals surface area contributed by atoms with Gasteiger partial charge in [0.05, 0.1) is 16.8 Å². The van der Waals surface area contributed by atoms with Crippen molar-refractivity contribution in [2.75, 3.05) is 31.5 Å². The van der Waals surface area contributed by atoms with Crippen LogP contribution in [0.25, 0.3) is 0 Å². The van der Waals surface area contributed by atoms with E-state index >= 15 is 0 Å². The van der Waals surface area contributed by atoms with Gasteiger partial charge in [0.2, 0.25) is 0 Å². The number of carbonyl (C=O) groups excluding carboxylic acids is 2. The van der Waals surface area contributed by atoms with Gasteiger partial charge in [-0.25, -0.2) is 4.99 Å². The zero-order valence-corrected chi connectivity index (χ0v) is 17.6. The number of hydrogen-bond acceptors (Lipinski definition) is 6. The first-order valence-corrected chi connectivity index (χ1v) is 11.2. The molecule has 2 aliphatic carbocycles. The molecule has 2 aromatic carbocycles. The van der Waals surface area contributed by atoms with E-state index in [2.05, 4.69) is 10.2 Å². The van der Waals surface area contributed by atoms with E-state index in [1.807, 2.05) is 30.4 Å². The molecule has 160 valence electrons. The SMILES string of the molecule is O=C1c2ccccc2C(=O)c2c3c(cc(NCCN4CCCC4)c21)OC1C=CC=CC1=N3. The lowest BCUT2D eigenvalue weighted by molar-refractivity contribution is 0.0979. The number of allylic oxidation sites excluding steroid dienone is 2. The van der Waals surface area contributed by atoms with Crippen LogP contribution in [-0.2, 0) is 0 Å². The maximum Gasteiger partial charge on any atom is 0.196 e. The molecule has 6 rings (SSSR count). The van der Waals surface area contributed by atoms with Gasteiger partial charge >= 0.3 is 0 Å². The molecule has 1 N–H and O–H groups in total. The summed E-state index contributed by atoms with van der Waals surface area (Å²) in [5.74, 6) is 0.195. The van der Waals surface area contributed by atoms with Gasteiger partial charge in [-0.2, -0.15) is 0 Å². The number of ether oxygens (including phenoxy) is 1. The average molecular weight is 425 g/mol. The maximum absolute atomic E-state index is 13.6. The van der Waals surface area contributed by atoms with Gasteiger partial charge in [0.1, 0.15) is 11.4 Å². The molecule has 0 aromatic heterocycles. The zero-order chi connectivity index (χ0) is 21.7. The molecular formula is C26H23N3O3. The van der Waals surface area contributed by atoms with Crippen molar-refractivity contribution in [3.05, 3.63) is 76.9 Å². The van der Waals surface area contributed by atoms with Gasteiger partial charge in [0.15, 0.2) is 17.7 Å². The minimum atomic E-state index is -0.287. The van der Waals surface area contributed by atoms with Crippen molar-refractivity contribution in [2.45, 2.75) is 18.9 Å². The van der Waals surface area contributed by atoms with Crippen LogP contribution in [0.3, 0.4) is 0 Å². The van der Waals surface area contributed by atoms with E-state index in [1.54, 1.807) is 24.3 Å². The summed E-state index contributed by atoms with van der Waals surface area (Å²) in [6, 6.07) is 8.84. The Kier molecular flexibility index (Phi) is 4.54. The molecular weight excluding hydrogens is 402 g/mol. The molecule has 2 aromatic rings. The predicted molar refractivity (Wildman–Crippen MR) is 124 cm³/mol. The van der Waals surface area contributed by atoms with Gasteiger partial charge in [0, 0.05) is 36.0 Å². The molecule has 1 atom stereocenters. The van der Waals surface area contributed by atoms with Gasteiger partial charge in [-0.15, -0.1) is 0 Å². The Balaban J connectivity index is 1.47. The molecule has 0 bridgehead atoms. The molecule has 0 amide bonds. The lowest BCUT2D eigenvalue weighted by atomic mass is 9.81. The van der Waals surface area contributed by atoms with E-state index < -0.39 is 0 Å². The van der Waals surface area contributed by atoms with E-state index in [1.165, 1.54) is 12.8 Å². The molecule has 32 heavy (non-hydrogen) atoms. The summed E-state index contributed by atoms with van der Waals surface area (Å²) < 4.78 is 6.21. The number of carbonyl (C=O) groups is 2. The van der Waals surface area contributed by atoms with E-state index in [4.69, 9.17) is 9.73 Å². The number of aliphatic imine (C=N–C) groups is 1. The maximum atomic E-state index is 13.6. The van der Waals surface area contributed by atoms with Crippen molar-refractivity contribution < 1.29 is 14.3 Å². The van der Waals surface area contributed by atoms with Crippen LogP contribution < -0.4 is 10.1 Å². The highest BCUT2D eigenvalue weighted by Crippen LogP contribution is 2.46. The summed E-state index contributed by atoms with van der Waals surface area (Å²) in [5, 5.41) is 3.43. The Morgan fingerprint density at radius 2 is 1.78 bits per heavy atom. The van der Waals surface area contributed by atoms with E-state index in [9.17, 15) is 9.59 Å². The first kappa shape index (κ1) is 19.2. The standard InChI is InChI=1S/C26H23N3O3/c30-25-16-7-1-2-8-17(16)26(31)23-22(25)19(27-11-14-29-12-5-6-13-29)15-21-24(23)28-18-9-3-4-10-20(18)32-21/h1-4,7-10,15,20,27H,5-6,11-14H2. The molecule has 2 heterocycles. The Labute approximate surface area is 186 Å². The Morgan fingerprint density at radius 3 is 2.56 bits per heavy atom. The third-order valence-electron chi connectivity index (χ3n) is 6.53. The predicted octanol–water partition coefficient (Wildman–Crippen LogP) is 3.93. The molecule has 6 heteroatoms. The van der Waals surface area contributed by atoms with E-state index in [-0.39, 0.29) is 17.7 Å². The molecule has 6 nitrogen and oxygen atoms in total. The number of ketones is 2. The average Bonchev–Trinajstić information content (AvgIpc) is 3.34. The molecule has 4 aliphatic rings. The quantitative estimate of drug-likeness (QED) is 0.686. The first-order valence-electron chi connectivity index (χ1n) is 11.2. The number of anilines is 1. The van der Waals surface area contributed by atoms with Crippen molar-refractivity contribution >= 4 is 28.7 Å². The van der Waals surface area contributed by atoms with E-state index in [0.717, 1.165) is 25.3 Å². The number of benzene rings is 2. The normalized spacial score (nSPS) is 20.8. The fourth-order valence-corrected chi connectivity index (χ4v) is 4.93. The van der Waals surface area contributed by atoms with Crippen LogP contribution in [0, 0.1) is 0 Å². The van der Waals surface area contributed by atoms with E-state index in [0.29, 0.717) is 45.9 Å². The van der Waals surface area contributed by atoms with Crippen molar-refractivity contribution in [2.24, 2.45) is 4.99 Å². The highest BCUT2D eigenvalue weighted by molar-refractivity contribution is 6.32. The van der Waals surface area contributed by atoms with Crippen LogP contribution >= 0.6 is 0 Å². The summed E-state index contributed by atoms with van der Waals surface area (Å²) in [6.45, 7) is 3.80. The molecule has 1 fully saturated rings. The van der Waals surface area contributed by atoms with Gasteiger partial charge in [-0.1, -0.05) is 36.4 Å². The lowest BCUT2D eigenvalue weighted by Gasteiger charge is -2.29. The molecule has 1 saturated heterocycles. The Morgan fingerprint density at radius 1 is 1.03 bits per heavy atom. The Bertz CT molecular complexity index is 1240. The largest absolute Gasteiger partial charge is 0.478 e. The van der Waals surface area contributed by atoms with Crippen LogP contribution in [-0.4, -0.2) is 54.5 Å². The monoisotopic (exact) mass is 425 g/mol. The number of rotatable bonds is 4. The summed E-state index contributed by atoms with van der Waals surface area (Å²) in [5.41, 5.74) is 3.41. The minimum absolute atomic E-state index is 0.150. The topological polar surface area (TPSA) is 71.0 Å². The third-order valence-corrected chi connectivity index (χ3v) is 6.53. The second kappa shape index (κ2) is 7.57. The van der Waals surface area contributed by atoms with Crippen LogP contribution in [0.4, 0.5) is 11.4 Å². The molecule has 0 radical (unpaired) electrons. The molecule has 0 saturated carbocycles. The van der Waals surface area contributed by atoms with Crippen LogP contribution in [0.15, 0.2) is 59.6 Å². The highest BCUT2D eigenvalue weighted by Gasteiger charge is 2.37. The summed E-state index contributed by atoms with van der Waals surface area (Å²) >= 11 is 0. The summed E-state index contributed by atoms with van der Waals surface area (Å²) in [6.07, 6.45) is 9.81. The van der Waals surface area contributed by atoms with Crippen molar-refractivity contribution in [1.82, 2.24) is 4.90 Å². The second-order valence-electron chi connectivity index (χ2n) is 8.52.